The SMILES string of the molecule is CC(C)(C)CC(C)(C)Nc1cnccn1. The predicted molar refractivity (Wildman–Crippen MR) is 63.8 cm³/mol. The van der Waals surface area contributed by atoms with Crippen molar-refractivity contribution >= 4 is 5.82 Å². The normalized spacial score (nSPS) is 12.6. The first-order valence-electron chi connectivity index (χ1n) is 5.33. The van der Waals surface area contributed by atoms with E-state index in [4.69, 9.17) is 0 Å². The quantitative estimate of drug-likeness (QED) is 0.827. The van der Waals surface area contributed by atoms with E-state index in [0.717, 1.165) is 12.2 Å². The van der Waals surface area contributed by atoms with Gasteiger partial charge in [0.2, 0.25) is 0 Å². The maximum Gasteiger partial charge on any atom is 0.144 e. The Morgan fingerprint density at radius 2 is 1.80 bits per heavy atom. The van der Waals surface area contributed by atoms with Crippen molar-refractivity contribution < 1.29 is 0 Å². The third kappa shape index (κ3) is 4.77. The molecule has 0 aliphatic heterocycles. The maximum atomic E-state index is 4.22. The van der Waals surface area contributed by atoms with E-state index >= 15 is 0 Å². The van der Waals surface area contributed by atoms with Crippen molar-refractivity contribution in [3.05, 3.63) is 18.6 Å². The highest BCUT2D eigenvalue weighted by Crippen LogP contribution is 2.28. The molecule has 1 N–H and O–H groups in total. The summed E-state index contributed by atoms with van der Waals surface area (Å²) in [5.74, 6) is 0.840. The number of hydrogen-bond acceptors (Lipinski definition) is 3. The van der Waals surface area contributed by atoms with Crippen LogP contribution in [0.3, 0.4) is 0 Å². The summed E-state index contributed by atoms with van der Waals surface area (Å²) in [5, 5.41) is 3.40. The third-order valence-corrected chi connectivity index (χ3v) is 2.00. The lowest BCUT2D eigenvalue weighted by molar-refractivity contribution is 0.302. The molecule has 0 saturated heterocycles. The molecule has 1 heterocycles. The molecule has 0 bridgehead atoms. The first kappa shape index (κ1) is 12.0. The molecule has 0 atom stereocenters. The van der Waals surface area contributed by atoms with E-state index < -0.39 is 0 Å². The van der Waals surface area contributed by atoms with Gasteiger partial charge in [-0.2, -0.15) is 0 Å². The van der Waals surface area contributed by atoms with Crippen molar-refractivity contribution in [2.45, 2.75) is 46.6 Å². The lowest BCUT2D eigenvalue weighted by Crippen LogP contribution is -2.35. The van der Waals surface area contributed by atoms with Gasteiger partial charge in [0.05, 0.1) is 6.20 Å². The van der Waals surface area contributed by atoms with Gasteiger partial charge >= 0.3 is 0 Å². The van der Waals surface area contributed by atoms with Gasteiger partial charge < -0.3 is 5.32 Å². The molecule has 84 valence electrons. The van der Waals surface area contributed by atoms with E-state index in [1.807, 2.05) is 0 Å². The molecule has 0 aliphatic rings. The van der Waals surface area contributed by atoms with Gasteiger partial charge in [-0.25, -0.2) is 4.98 Å². The van der Waals surface area contributed by atoms with Crippen LogP contribution in [0.4, 0.5) is 5.82 Å². The summed E-state index contributed by atoms with van der Waals surface area (Å²) in [6, 6.07) is 0. The maximum absolute atomic E-state index is 4.22. The Labute approximate surface area is 92.3 Å². The zero-order valence-electron chi connectivity index (χ0n) is 10.3. The Hall–Kier alpha value is -1.12. The Morgan fingerprint density at radius 1 is 1.13 bits per heavy atom. The topological polar surface area (TPSA) is 37.8 Å². The van der Waals surface area contributed by atoms with Crippen LogP contribution in [-0.2, 0) is 0 Å². The molecular formula is C12H21N3. The number of nitrogens with zero attached hydrogens (tertiary/aromatic N) is 2. The van der Waals surface area contributed by atoms with Gasteiger partial charge in [-0.1, -0.05) is 20.8 Å². The first-order chi connectivity index (χ1) is 6.79. The molecule has 0 fully saturated rings. The van der Waals surface area contributed by atoms with E-state index in [1.165, 1.54) is 0 Å². The number of aromatic nitrogens is 2. The summed E-state index contributed by atoms with van der Waals surface area (Å²) in [7, 11) is 0. The Morgan fingerprint density at radius 3 is 2.27 bits per heavy atom. The second-order valence-electron chi connectivity index (χ2n) is 5.84. The Bertz CT molecular complexity index is 298. The molecule has 0 radical (unpaired) electrons. The summed E-state index contributed by atoms with van der Waals surface area (Å²) in [6.07, 6.45) is 6.22. The number of rotatable bonds is 3. The van der Waals surface area contributed by atoms with Crippen LogP contribution in [0.15, 0.2) is 18.6 Å². The number of nitrogens with one attached hydrogen (secondary N) is 1. The zero-order chi connectivity index (χ0) is 11.5. The lowest BCUT2D eigenvalue weighted by atomic mass is 9.82. The van der Waals surface area contributed by atoms with E-state index in [0.29, 0.717) is 5.41 Å². The average molecular weight is 207 g/mol. The summed E-state index contributed by atoms with van der Waals surface area (Å²) in [6.45, 7) is 11.1. The fourth-order valence-corrected chi connectivity index (χ4v) is 2.08. The highest BCUT2D eigenvalue weighted by molar-refractivity contribution is 5.33. The standard InChI is InChI=1S/C12H21N3/c1-11(2,3)9-12(4,5)15-10-8-13-6-7-14-10/h6-8H,9H2,1-5H3,(H,14,15). The van der Waals surface area contributed by atoms with Crippen LogP contribution < -0.4 is 5.32 Å². The smallest absolute Gasteiger partial charge is 0.144 e. The van der Waals surface area contributed by atoms with Crippen LogP contribution >= 0.6 is 0 Å². The molecule has 1 aromatic heterocycles. The van der Waals surface area contributed by atoms with Crippen molar-refractivity contribution in [3.63, 3.8) is 0 Å². The van der Waals surface area contributed by atoms with Crippen LogP contribution in [-0.4, -0.2) is 15.5 Å². The summed E-state index contributed by atoms with van der Waals surface area (Å²) in [4.78, 5) is 8.26. The highest BCUT2D eigenvalue weighted by Gasteiger charge is 2.25. The van der Waals surface area contributed by atoms with Gasteiger partial charge in [-0.15, -0.1) is 0 Å². The van der Waals surface area contributed by atoms with Gasteiger partial charge in [0.15, 0.2) is 0 Å². The van der Waals surface area contributed by atoms with Gasteiger partial charge in [-0.05, 0) is 25.7 Å². The molecule has 3 heteroatoms. The van der Waals surface area contributed by atoms with Crippen LogP contribution in [0, 0.1) is 5.41 Å². The largest absolute Gasteiger partial charge is 0.364 e. The minimum Gasteiger partial charge on any atom is -0.364 e. The van der Waals surface area contributed by atoms with E-state index in [1.54, 1.807) is 18.6 Å². The fourth-order valence-electron chi connectivity index (χ4n) is 2.08. The van der Waals surface area contributed by atoms with Crippen LogP contribution in [0.2, 0.25) is 0 Å². The van der Waals surface area contributed by atoms with Crippen molar-refractivity contribution in [1.29, 1.82) is 0 Å². The molecule has 3 nitrogen and oxygen atoms in total. The second-order valence-corrected chi connectivity index (χ2v) is 5.84. The van der Waals surface area contributed by atoms with Crippen LogP contribution in [0.1, 0.15) is 41.0 Å². The van der Waals surface area contributed by atoms with Gasteiger partial charge in [0, 0.05) is 17.9 Å². The molecule has 0 spiro atoms. The monoisotopic (exact) mass is 207 g/mol. The molecule has 0 aliphatic carbocycles. The van der Waals surface area contributed by atoms with Crippen molar-refractivity contribution in [2.75, 3.05) is 5.32 Å². The number of anilines is 1. The molecule has 1 aromatic rings. The van der Waals surface area contributed by atoms with Crippen molar-refractivity contribution in [3.8, 4) is 0 Å². The molecule has 0 saturated carbocycles. The van der Waals surface area contributed by atoms with Gasteiger partial charge in [-0.3, -0.25) is 4.98 Å². The number of hydrogen-bond donors (Lipinski definition) is 1. The van der Waals surface area contributed by atoms with Gasteiger partial charge in [0.1, 0.15) is 5.82 Å². The van der Waals surface area contributed by atoms with Crippen molar-refractivity contribution in [1.82, 2.24) is 9.97 Å². The minimum absolute atomic E-state index is 0.0360. The Kier molecular flexibility index (Phi) is 3.32. The molecular weight excluding hydrogens is 186 g/mol. The second kappa shape index (κ2) is 4.17. The average Bonchev–Trinajstić information content (AvgIpc) is 1.99. The van der Waals surface area contributed by atoms with Crippen LogP contribution in [0.5, 0.6) is 0 Å². The first-order valence-corrected chi connectivity index (χ1v) is 5.33. The van der Waals surface area contributed by atoms with E-state index in [2.05, 4.69) is 49.9 Å². The predicted octanol–water partition coefficient (Wildman–Crippen LogP) is 3.10. The molecule has 15 heavy (non-hydrogen) atoms. The molecule has 0 aromatic carbocycles. The third-order valence-electron chi connectivity index (χ3n) is 2.00. The summed E-state index contributed by atoms with van der Waals surface area (Å²) < 4.78 is 0. The molecule has 0 amide bonds. The summed E-state index contributed by atoms with van der Waals surface area (Å²) >= 11 is 0. The van der Waals surface area contributed by atoms with E-state index in [-0.39, 0.29) is 5.54 Å². The van der Waals surface area contributed by atoms with Gasteiger partial charge in [0.25, 0.3) is 0 Å². The Balaban J connectivity index is 2.65. The fraction of sp³-hybridized carbons (Fsp3) is 0.667. The highest BCUT2D eigenvalue weighted by atomic mass is 15.1. The van der Waals surface area contributed by atoms with Crippen molar-refractivity contribution in [2.24, 2.45) is 5.41 Å². The minimum atomic E-state index is 0.0360. The lowest BCUT2D eigenvalue weighted by Gasteiger charge is -2.33. The molecule has 1 rings (SSSR count). The summed E-state index contributed by atoms with van der Waals surface area (Å²) in [5.41, 5.74) is 0.340. The van der Waals surface area contributed by atoms with Crippen LogP contribution in [0.25, 0.3) is 0 Å². The molecule has 0 unspecified atom stereocenters. The zero-order valence-corrected chi connectivity index (χ0v) is 10.3. The van der Waals surface area contributed by atoms with E-state index in [9.17, 15) is 0 Å².